The Labute approximate surface area is 292 Å². The van der Waals surface area contributed by atoms with E-state index >= 15 is 0 Å². The number of methoxy groups -OCH3 is 1. The lowest BCUT2D eigenvalue weighted by molar-refractivity contribution is -0.132. The fraction of sp³-hybridized carbons (Fsp3) is 0.667. The average Bonchev–Trinajstić information content (AvgIpc) is 3.01. The van der Waals surface area contributed by atoms with Crippen LogP contribution in [-0.4, -0.2) is 84.5 Å². The Hall–Kier alpha value is -4.00. The molecule has 278 valence electrons. The largest absolute Gasteiger partial charge is 0.465 e. The second-order valence-electron chi connectivity index (χ2n) is 13.3. The van der Waals surface area contributed by atoms with E-state index in [4.69, 9.17) is 4.74 Å². The van der Waals surface area contributed by atoms with Gasteiger partial charge in [-0.2, -0.15) is 0 Å². The minimum Gasteiger partial charge on any atom is -0.465 e. The van der Waals surface area contributed by atoms with Crippen molar-refractivity contribution in [3.63, 3.8) is 0 Å². The van der Waals surface area contributed by atoms with Crippen LogP contribution in [0.3, 0.4) is 0 Å². The van der Waals surface area contributed by atoms with E-state index in [1.807, 2.05) is 34.6 Å². The summed E-state index contributed by atoms with van der Waals surface area (Å²) in [7, 11) is 1.24. The molecule has 0 heterocycles. The molecule has 13 heteroatoms. The number of hydrogen-bond acceptors (Lipinski definition) is 8. The lowest BCUT2D eigenvalue weighted by atomic mass is 9.95. The fourth-order valence-electron chi connectivity index (χ4n) is 5.17. The summed E-state index contributed by atoms with van der Waals surface area (Å²) in [5.74, 6) is -3.22. The van der Waals surface area contributed by atoms with Crippen molar-refractivity contribution < 1.29 is 38.6 Å². The summed E-state index contributed by atoms with van der Waals surface area (Å²) >= 11 is 0. The zero-order chi connectivity index (χ0) is 36.6. The number of benzene rings is 1. The Bertz CT molecular complexity index is 1240. The predicted molar refractivity (Wildman–Crippen MR) is 190 cm³/mol. The smallest absolute Gasteiger partial charge is 0.337 e. The van der Waals surface area contributed by atoms with Crippen LogP contribution in [0.1, 0.15) is 116 Å². The molecule has 49 heavy (non-hydrogen) atoms. The SMILES string of the molecule is C.CCC[C@H](NC(=O)[C@H](CC(C)C)NC(=O)c1cccc(C(=O)OC)c1)C(=O)N[C@@H](CC(C)C)[C@@H](O)CC(=O)N[C@H](C(=O)NCC)C(C)C. The van der Waals surface area contributed by atoms with Crippen molar-refractivity contribution in [1.29, 1.82) is 0 Å². The van der Waals surface area contributed by atoms with Crippen molar-refractivity contribution in [2.45, 2.75) is 125 Å². The summed E-state index contributed by atoms with van der Waals surface area (Å²) in [5.41, 5.74) is 0.356. The van der Waals surface area contributed by atoms with Crippen LogP contribution < -0.4 is 26.6 Å². The number of ether oxygens (including phenoxy) is 1. The third-order valence-corrected chi connectivity index (χ3v) is 7.61. The van der Waals surface area contributed by atoms with Gasteiger partial charge in [0.25, 0.3) is 5.91 Å². The number of likely N-dealkylation sites (N-methyl/N-ethyl adjacent to an activating group) is 1. The van der Waals surface area contributed by atoms with Gasteiger partial charge in [0.05, 0.1) is 31.2 Å². The third kappa shape index (κ3) is 15.8. The molecule has 0 aromatic heterocycles. The molecule has 0 aliphatic carbocycles. The molecule has 1 aromatic carbocycles. The molecular weight excluding hydrogens is 630 g/mol. The molecule has 0 saturated carbocycles. The third-order valence-electron chi connectivity index (χ3n) is 7.61. The van der Waals surface area contributed by atoms with Crippen LogP contribution in [0.5, 0.6) is 0 Å². The van der Waals surface area contributed by atoms with Gasteiger partial charge in [-0.05, 0) is 62.1 Å². The average molecular weight is 692 g/mol. The first-order valence-corrected chi connectivity index (χ1v) is 16.9. The van der Waals surface area contributed by atoms with Crippen LogP contribution in [0.15, 0.2) is 24.3 Å². The second-order valence-corrected chi connectivity index (χ2v) is 13.3. The molecule has 5 amide bonds. The molecule has 0 unspecified atom stereocenters. The molecule has 0 radical (unpaired) electrons. The number of hydrogen-bond donors (Lipinski definition) is 6. The van der Waals surface area contributed by atoms with Crippen molar-refractivity contribution in [3.8, 4) is 0 Å². The lowest BCUT2D eigenvalue weighted by Gasteiger charge is -2.29. The number of aliphatic hydroxyl groups excluding tert-OH is 1. The zero-order valence-electron chi connectivity index (χ0n) is 30.0. The highest BCUT2D eigenvalue weighted by Gasteiger charge is 2.32. The predicted octanol–water partition coefficient (Wildman–Crippen LogP) is 3.10. The lowest BCUT2D eigenvalue weighted by Crippen LogP contribution is -2.57. The monoisotopic (exact) mass is 691 g/mol. The second kappa shape index (κ2) is 22.6. The number of aliphatic hydroxyl groups is 1. The van der Waals surface area contributed by atoms with Crippen molar-refractivity contribution in [2.24, 2.45) is 17.8 Å². The van der Waals surface area contributed by atoms with E-state index in [2.05, 4.69) is 26.6 Å². The Morgan fingerprint density at radius 3 is 1.90 bits per heavy atom. The van der Waals surface area contributed by atoms with Crippen LogP contribution >= 0.6 is 0 Å². The van der Waals surface area contributed by atoms with E-state index < -0.39 is 59.9 Å². The van der Waals surface area contributed by atoms with Crippen molar-refractivity contribution in [1.82, 2.24) is 26.6 Å². The van der Waals surface area contributed by atoms with E-state index in [-0.39, 0.29) is 61.5 Å². The molecular formula is C36H61N5O8. The standard InChI is InChI=1S/C35H57N5O8.CH4/c1-10-13-25(37-33(45)27(17-21(5)6)39-31(43)23-14-12-15-24(18-23)35(47)48-9)32(44)38-26(16-20(3)4)28(41)19-29(42)40-30(22(7)8)34(46)36-11-2;/h12,14-15,18,20-22,25-28,30,41H,10-11,13,16-17,19H2,1-9H3,(H,36,46)(H,37,45)(H,38,44)(H,39,43)(H,40,42);1H4/t25-,26-,27-,28-,30-;/m0./s1. The van der Waals surface area contributed by atoms with Gasteiger partial charge in [-0.1, -0.05) is 68.4 Å². The molecule has 0 aliphatic heterocycles. The summed E-state index contributed by atoms with van der Waals surface area (Å²) < 4.78 is 4.73. The number of carbonyl (C=O) groups excluding carboxylic acids is 6. The van der Waals surface area contributed by atoms with E-state index in [1.165, 1.54) is 31.4 Å². The molecule has 1 aromatic rings. The fourth-order valence-corrected chi connectivity index (χ4v) is 5.17. The summed E-state index contributed by atoms with van der Waals surface area (Å²) in [6.07, 6.45) is -0.125. The van der Waals surface area contributed by atoms with Crippen LogP contribution in [0.4, 0.5) is 0 Å². The molecule has 5 atom stereocenters. The molecule has 1 rings (SSSR count). The van der Waals surface area contributed by atoms with Gasteiger partial charge in [0, 0.05) is 12.1 Å². The van der Waals surface area contributed by atoms with Gasteiger partial charge in [-0.25, -0.2) is 4.79 Å². The minimum atomic E-state index is -1.26. The molecule has 0 fully saturated rings. The first kappa shape index (κ1) is 45.0. The highest BCUT2D eigenvalue weighted by Crippen LogP contribution is 2.14. The van der Waals surface area contributed by atoms with Crippen molar-refractivity contribution >= 4 is 35.5 Å². The van der Waals surface area contributed by atoms with Gasteiger partial charge in [0.15, 0.2) is 0 Å². The van der Waals surface area contributed by atoms with Crippen LogP contribution in [-0.2, 0) is 23.9 Å². The van der Waals surface area contributed by atoms with Crippen LogP contribution in [0.25, 0.3) is 0 Å². The van der Waals surface area contributed by atoms with E-state index in [0.29, 0.717) is 19.4 Å². The van der Waals surface area contributed by atoms with E-state index in [1.54, 1.807) is 20.8 Å². The van der Waals surface area contributed by atoms with Crippen molar-refractivity contribution in [3.05, 3.63) is 35.4 Å². The minimum absolute atomic E-state index is 0. The number of nitrogens with one attached hydrogen (secondary N) is 5. The van der Waals surface area contributed by atoms with Gasteiger partial charge in [0.1, 0.15) is 18.1 Å². The first-order chi connectivity index (χ1) is 22.5. The molecule has 13 nitrogen and oxygen atoms in total. The summed E-state index contributed by atoms with van der Waals surface area (Å²) in [4.78, 5) is 77.5. The Morgan fingerprint density at radius 1 is 0.776 bits per heavy atom. The molecule has 6 N–H and O–H groups in total. The molecule has 0 saturated heterocycles. The maximum Gasteiger partial charge on any atom is 0.337 e. The van der Waals surface area contributed by atoms with Gasteiger partial charge in [-0.15, -0.1) is 0 Å². The number of carbonyl (C=O) groups is 6. The quantitative estimate of drug-likeness (QED) is 0.112. The number of rotatable bonds is 20. The first-order valence-electron chi connectivity index (χ1n) is 16.9. The van der Waals surface area contributed by atoms with E-state index in [9.17, 15) is 33.9 Å². The maximum atomic E-state index is 13.6. The summed E-state index contributed by atoms with van der Waals surface area (Å²) in [6.45, 7) is 15.3. The number of esters is 1. The van der Waals surface area contributed by atoms with Crippen LogP contribution in [0, 0.1) is 17.8 Å². The highest BCUT2D eigenvalue weighted by molar-refractivity contribution is 6.00. The number of amides is 5. The Kier molecular flexibility index (Phi) is 20.8. The molecule has 0 spiro atoms. The zero-order valence-corrected chi connectivity index (χ0v) is 30.0. The summed E-state index contributed by atoms with van der Waals surface area (Å²) in [6, 6.07) is 2.40. The molecule has 0 aliphatic rings. The maximum absolute atomic E-state index is 13.6. The highest BCUT2D eigenvalue weighted by atomic mass is 16.5. The summed E-state index contributed by atoms with van der Waals surface area (Å²) in [5, 5.41) is 24.8. The molecule has 0 bridgehead atoms. The van der Waals surface area contributed by atoms with Gasteiger partial charge in [-0.3, -0.25) is 24.0 Å². The van der Waals surface area contributed by atoms with Crippen LogP contribution in [0.2, 0.25) is 0 Å². The Morgan fingerprint density at radius 2 is 1.37 bits per heavy atom. The topological polar surface area (TPSA) is 192 Å². The van der Waals surface area contributed by atoms with Gasteiger partial charge < -0.3 is 36.4 Å². The van der Waals surface area contributed by atoms with Crippen molar-refractivity contribution in [2.75, 3.05) is 13.7 Å². The Balaban J connectivity index is 0.0000230. The van der Waals surface area contributed by atoms with E-state index in [0.717, 1.165) is 0 Å². The normalized spacial score (nSPS) is 14.1. The van der Waals surface area contributed by atoms with Gasteiger partial charge >= 0.3 is 5.97 Å². The van der Waals surface area contributed by atoms with Gasteiger partial charge in [0.2, 0.25) is 23.6 Å².